The minimum Gasteiger partial charge on any atom is -0.507 e. The van der Waals surface area contributed by atoms with E-state index in [0.717, 1.165) is 0 Å². The zero-order valence-electron chi connectivity index (χ0n) is 17.9. The lowest BCUT2D eigenvalue weighted by Crippen LogP contribution is -2.29. The molecule has 7 nitrogen and oxygen atoms in total. The number of aliphatic hydroxyl groups is 1. The van der Waals surface area contributed by atoms with Gasteiger partial charge in [-0.1, -0.05) is 34.8 Å². The number of pyridine rings is 1. The van der Waals surface area contributed by atoms with Crippen LogP contribution in [-0.4, -0.2) is 36.0 Å². The van der Waals surface area contributed by atoms with Crippen LogP contribution in [0, 0.1) is 0 Å². The number of anilines is 1. The number of carbonyl (C=O) groups excluding carboxylic acids is 2. The van der Waals surface area contributed by atoms with Gasteiger partial charge in [-0.25, -0.2) is 0 Å². The van der Waals surface area contributed by atoms with Crippen LogP contribution in [0.25, 0.3) is 5.76 Å². The third kappa shape index (κ3) is 3.96. The number of ketones is 1. The van der Waals surface area contributed by atoms with Gasteiger partial charge in [0.05, 0.1) is 36.4 Å². The molecule has 0 spiro atoms. The fourth-order valence-corrected chi connectivity index (χ4v) is 4.67. The number of methoxy groups -OCH3 is 2. The lowest BCUT2D eigenvalue weighted by atomic mass is 9.95. The fraction of sp³-hybridized carbons (Fsp3) is 0.125. The van der Waals surface area contributed by atoms with Gasteiger partial charge in [-0.05, 0) is 48.0 Å². The number of nitrogens with zero attached hydrogens (tertiary/aromatic N) is 2. The Morgan fingerprint density at radius 1 is 0.971 bits per heavy atom. The third-order valence-corrected chi connectivity index (χ3v) is 6.24. The van der Waals surface area contributed by atoms with Crippen LogP contribution in [0.5, 0.6) is 11.5 Å². The molecule has 2 heterocycles. The first-order valence-corrected chi connectivity index (χ1v) is 11.0. The van der Waals surface area contributed by atoms with Crippen LogP contribution < -0.4 is 14.4 Å². The summed E-state index contributed by atoms with van der Waals surface area (Å²) in [7, 11) is 2.73. The molecular formula is C24H17Cl3N2O5. The number of carbonyl (C=O) groups is 2. The SMILES string of the molecule is COc1c(Cl)cc(/C(O)=C2\C(=O)C(=O)N(c3ccc(Cl)cc3)C2c2ccncc2)c(OC)c1Cl. The van der Waals surface area contributed by atoms with Gasteiger partial charge < -0.3 is 14.6 Å². The zero-order chi connectivity index (χ0) is 24.6. The first-order valence-electron chi connectivity index (χ1n) is 9.87. The number of hydrogen-bond donors (Lipinski definition) is 1. The Labute approximate surface area is 210 Å². The van der Waals surface area contributed by atoms with Crippen molar-refractivity contribution in [2.24, 2.45) is 0 Å². The molecule has 0 radical (unpaired) electrons. The zero-order valence-corrected chi connectivity index (χ0v) is 20.1. The van der Waals surface area contributed by atoms with Crippen LogP contribution in [0.15, 0.2) is 60.4 Å². The smallest absolute Gasteiger partial charge is 0.300 e. The van der Waals surface area contributed by atoms with Crippen molar-refractivity contribution in [2.75, 3.05) is 19.1 Å². The Balaban J connectivity index is 2.00. The van der Waals surface area contributed by atoms with E-state index in [1.807, 2.05) is 0 Å². The van der Waals surface area contributed by atoms with Crippen molar-refractivity contribution < 1.29 is 24.2 Å². The van der Waals surface area contributed by atoms with E-state index in [-0.39, 0.29) is 32.7 Å². The average Bonchev–Trinajstić information content (AvgIpc) is 3.10. The molecular weight excluding hydrogens is 503 g/mol. The topological polar surface area (TPSA) is 89.0 Å². The Kier molecular flexibility index (Phi) is 6.70. The molecule has 1 saturated heterocycles. The number of aliphatic hydroxyl groups excluding tert-OH is 1. The fourth-order valence-electron chi connectivity index (χ4n) is 3.85. The molecule has 1 fully saturated rings. The largest absolute Gasteiger partial charge is 0.507 e. The normalized spacial score (nSPS) is 17.2. The van der Waals surface area contributed by atoms with Crippen LogP contribution in [0.3, 0.4) is 0 Å². The van der Waals surface area contributed by atoms with Gasteiger partial charge >= 0.3 is 0 Å². The van der Waals surface area contributed by atoms with E-state index >= 15 is 0 Å². The van der Waals surface area contributed by atoms with Gasteiger partial charge in [-0.3, -0.25) is 19.5 Å². The van der Waals surface area contributed by atoms with Crippen molar-refractivity contribution in [3.63, 3.8) is 0 Å². The number of aromatic nitrogens is 1. The third-order valence-electron chi connectivity index (χ3n) is 5.37. The van der Waals surface area contributed by atoms with E-state index in [9.17, 15) is 14.7 Å². The summed E-state index contributed by atoms with van der Waals surface area (Å²) in [6, 6.07) is 10.1. The second kappa shape index (κ2) is 9.54. The molecule has 10 heteroatoms. The second-order valence-electron chi connectivity index (χ2n) is 7.21. The number of halogens is 3. The first-order chi connectivity index (χ1) is 16.3. The molecule has 1 aliphatic heterocycles. The molecule has 174 valence electrons. The van der Waals surface area contributed by atoms with Gasteiger partial charge in [0.15, 0.2) is 11.5 Å². The Hall–Kier alpha value is -3.26. The van der Waals surface area contributed by atoms with E-state index in [4.69, 9.17) is 44.3 Å². The summed E-state index contributed by atoms with van der Waals surface area (Å²) in [5.74, 6) is -2.04. The highest BCUT2D eigenvalue weighted by Gasteiger charge is 2.47. The number of rotatable bonds is 5. The lowest BCUT2D eigenvalue weighted by Gasteiger charge is -2.25. The summed E-state index contributed by atoms with van der Waals surface area (Å²) in [5, 5.41) is 11.9. The summed E-state index contributed by atoms with van der Waals surface area (Å²) in [6.45, 7) is 0. The summed E-state index contributed by atoms with van der Waals surface area (Å²) < 4.78 is 10.6. The molecule has 34 heavy (non-hydrogen) atoms. The van der Waals surface area contributed by atoms with E-state index < -0.39 is 23.5 Å². The van der Waals surface area contributed by atoms with Gasteiger partial charge in [0.25, 0.3) is 11.7 Å². The molecule has 0 saturated carbocycles. The molecule has 1 aromatic heterocycles. The molecule has 4 rings (SSSR count). The quantitative estimate of drug-likeness (QED) is 0.265. The molecule has 0 aliphatic carbocycles. The molecule has 1 amide bonds. The number of benzene rings is 2. The molecule has 1 N–H and O–H groups in total. The van der Waals surface area contributed by atoms with E-state index in [0.29, 0.717) is 16.3 Å². The van der Waals surface area contributed by atoms with Crippen molar-refractivity contribution in [2.45, 2.75) is 6.04 Å². The second-order valence-corrected chi connectivity index (χ2v) is 8.43. The first kappa shape index (κ1) is 23.9. The minimum absolute atomic E-state index is 0.00596. The molecule has 0 bridgehead atoms. The van der Waals surface area contributed by atoms with Crippen molar-refractivity contribution in [1.82, 2.24) is 4.98 Å². The predicted molar refractivity (Wildman–Crippen MR) is 130 cm³/mol. The highest BCUT2D eigenvalue weighted by molar-refractivity contribution is 6.52. The molecule has 3 aromatic rings. The summed E-state index contributed by atoms with van der Waals surface area (Å²) in [4.78, 5) is 31.8. The summed E-state index contributed by atoms with van der Waals surface area (Å²) in [5.41, 5.74) is 0.841. The van der Waals surface area contributed by atoms with Crippen molar-refractivity contribution in [1.29, 1.82) is 0 Å². The van der Waals surface area contributed by atoms with Crippen LogP contribution in [0.1, 0.15) is 17.2 Å². The number of Topliss-reactive ketones (excluding diaryl/α,β-unsaturated/α-hetero) is 1. The van der Waals surface area contributed by atoms with Gasteiger partial charge in [-0.2, -0.15) is 0 Å². The average molecular weight is 520 g/mol. The monoisotopic (exact) mass is 518 g/mol. The van der Waals surface area contributed by atoms with Gasteiger partial charge in [0, 0.05) is 23.1 Å². The molecule has 1 atom stereocenters. The molecule has 1 unspecified atom stereocenters. The Bertz CT molecular complexity index is 1310. The number of hydrogen-bond acceptors (Lipinski definition) is 6. The predicted octanol–water partition coefficient (Wildman–Crippen LogP) is 5.69. The highest BCUT2D eigenvalue weighted by atomic mass is 35.5. The van der Waals surface area contributed by atoms with E-state index in [1.165, 1.54) is 37.6 Å². The summed E-state index contributed by atoms with van der Waals surface area (Å²) >= 11 is 18.7. The Morgan fingerprint density at radius 2 is 1.59 bits per heavy atom. The lowest BCUT2D eigenvalue weighted by molar-refractivity contribution is -0.132. The Morgan fingerprint density at radius 3 is 2.18 bits per heavy atom. The van der Waals surface area contributed by atoms with Crippen molar-refractivity contribution in [3.8, 4) is 11.5 Å². The highest BCUT2D eigenvalue weighted by Crippen LogP contribution is 2.48. The van der Waals surface area contributed by atoms with Crippen molar-refractivity contribution in [3.05, 3.63) is 86.6 Å². The van der Waals surface area contributed by atoms with Gasteiger partial charge in [-0.15, -0.1) is 0 Å². The maximum Gasteiger partial charge on any atom is 0.300 e. The van der Waals surface area contributed by atoms with Crippen LogP contribution in [0.4, 0.5) is 5.69 Å². The summed E-state index contributed by atoms with van der Waals surface area (Å²) in [6.07, 6.45) is 3.05. The molecule has 1 aliphatic rings. The van der Waals surface area contributed by atoms with Crippen LogP contribution in [0.2, 0.25) is 15.1 Å². The van der Waals surface area contributed by atoms with Gasteiger partial charge in [0.2, 0.25) is 0 Å². The minimum atomic E-state index is -0.964. The number of amides is 1. The number of ether oxygens (including phenoxy) is 2. The molecule has 2 aromatic carbocycles. The maximum absolute atomic E-state index is 13.3. The van der Waals surface area contributed by atoms with Crippen LogP contribution >= 0.6 is 34.8 Å². The van der Waals surface area contributed by atoms with E-state index in [2.05, 4.69) is 4.98 Å². The van der Waals surface area contributed by atoms with Gasteiger partial charge in [0.1, 0.15) is 10.8 Å². The standard InChI is InChI=1S/C24H17Cl3N2O5/c1-33-22-15(11-16(26)23(34-2)18(22)27)20(30)17-19(12-7-9-28-10-8-12)29(24(32)21(17)31)14-5-3-13(25)4-6-14/h3-11,19,30H,1-2H3/b20-17+. The maximum atomic E-state index is 13.3. The van der Waals surface area contributed by atoms with Crippen LogP contribution in [-0.2, 0) is 9.59 Å². The van der Waals surface area contributed by atoms with E-state index in [1.54, 1.807) is 36.4 Å². The van der Waals surface area contributed by atoms with Crippen molar-refractivity contribution >= 4 is 57.9 Å².